The largest absolute Gasteiger partial charge is 0.456 e. The molecular weight excluding hydrogens is 627 g/mol. The van der Waals surface area contributed by atoms with E-state index in [-0.39, 0.29) is 0 Å². The first-order valence-electron chi connectivity index (χ1n) is 17.4. The van der Waals surface area contributed by atoms with Crippen LogP contribution in [0.5, 0.6) is 0 Å². The molecule has 1 aliphatic rings. The minimum absolute atomic E-state index is 0.602. The molecule has 0 saturated carbocycles. The van der Waals surface area contributed by atoms with Crippen molar-refractivity contribution in [3.05, 3.63) is 145 Å². The van der Waals surface area contributed by atoms with Crippen molar-refractivity contribution in [1.82, 2.24) is 23.9 Å². The van der Waals surface area contributed by atoms with Gasteiger partial charge in [-0.2, -0.15) is 9.97 Å². The number of rotatable bonds is 4. The summed E-state index contributed by atoms with van der Waals surface area (Å²) in [7, 11) is 0. The fourth-order valence-electron chi connectivity index (χ4n) is 8.63. The van der Waals surface area contributed by atoms with Crippen LogP contribution < -0.4 is 5.35 Å². The van der Waals surface area contributed by atoms with E-state index in [4.69, 9.17) is 19.4 Å². The highest BCUT2D eigenvalue weighted by atomic mass is 16.3. The summed E-state index contributed by atoms with van der Waals surface area (Å²) in [5, 5.41) is 8.39. The van der Waals surface area contributed by atoms with Gasteiger partial charge in [0.05, 0.1) is 27.3 Å². The third-order valence-electron chi connectivity index (χ3n) is 10.8. The summed E-state index contributed by atoms with van der Waals surface area (Å²) in [6, 6.07) is 46.6. The van der Waals surface area contributed by atoms with Crippen LogP contribution >= 0.6 is 0 Å². The third kappa shape index (κ3) is 3.63. The van der Waals surface area contributed by atoms with Crippen LogP contribution in [0.4, 0.5) is 0 Å². The number of furan rings is 1. The third-order valence-corrected chi connectivity index (χ3v) is 10.8. The number of benzene rings is 6. The lowest BCUT2D eigenvalue weighted by molar-refractivity contribution is 0.669. The zero-order valence-corrected chi connectivity index (χ0v) is 27.3. The second kappa shape index (κ2) is 9.89. The van der Waals surface area contributed by atoms with Gasteiger partial charge in [0.25, 0.3) is 0 Å². The molecular formula is C45H27N5O. The summed E-state index contributed by atoms with van der Waals surface area (Å²) in [6.45, 7) is 0. The number of aromatic nitrogens is 5. The maximum atomic E-state index is 6.60. The maximum absolute atomic E-state index is 6.60. The average molecular weight is 654 g/mol. The molecule has 0 bridgehead atoms. The highest BCUT2D eigenvalue weighted by molar-refractivity contribution is 6.32. The molecule has 5 heterocycles. The van der Waals surface area contributed by atoms with E-state index in [1.165, 1.54) is 49.2 Å². The first-order valence-corrected chi connectivity index (χ1v) is 17.4. The lowest BCUT2D eigenvalue weighted by Crippen LogP contribution is -2.21. The molecule has 0 radical (unpaired) electrons. The molecule has 0 amide bonds. The molecule has 12 rings (SSSR count). The molecule has 238 valence electrons. The van der Waals surface area contributed by atoms with Gasteiger partial charge in [-0.1, -0.05) is 109 Å². The molecule has 11 aromatic rings. The normalized spacial score (nSPS) is 13.1. The Balaban J connectivity index is 1.20. The Hall–Kier alpha value is -6.79. The smallest absolute Gasteiger partial charge is 0.238 e. The molecule has 0 fully saturated rings. The molecule has 0 N–H and O–H groups in total. The fraction of sp³-hybridized carbons (Fsp3) is 0.0444. The van der Waals surface area contributed by atoms with E-state index in [0.717, 1.165) is 57.0 Å². The van der Waals surface area contributed by atoms with Gasteiger partial charge < -0.3 is 8.82 Å². The SMILES string of the molecule is C1=c2c3c(n4c5ccccc5c5ccc6oc7ccc(c3c7c6c54)n2-c2nc(-c3ccccc3)nc(-c3ccc(-c4ccccc4)cc3)n2)CC1. The quantitative estimate of drug-likeness (QED) is 0.190. The van der Waals surface area contributed by atoms with Crippen LogP contribution in [0.25, 0.3) is 106 Å². The van der Waals surface area contributed by atoms with Crippen LogP contribution in [-0.2, 0) is 6.42 Å². The van der Waals surface area contributed by atoms with Crippen molar-refractivity contribution < 1.29 is 4.42 Å². The zero-order chi connectivity index (χ0) is 33.2. The summed E-state index contributed by atoms with van der Waals surface area (Å²) >= 11 is 0. The van der Waals surface area contributed by atoms with Gasteiger partial charge in [0.1, 0.15) is 11.2 Å². The van der Waals surface area contributed by atoms with E-state index in [1.54, 1.807) is 0 Å². The van der Waals surface area contributed by atoms with Crippen LogP contribution in [0.15, 0.2) is 138 Å². The van der Waals surface area contributed by atoms with Crippen molar-refractivity contribution in [2.24, 2.45) is 0 Å². The Labute approximate surface area is 290 Å². The standard InChI is InChI=1S/C45H27N5O/c1-3-10-26(11-4-1)27-18-20-29(21-19-27)44-46-43(28-12-5-2-6-13-28)47-45(48-44)50-34-17-9-16-33-38(34)39-35(50)23-25-36-40(39)41-37(51-36)24-22-31-30-14-7-8-15-32(30)49(33)42(31)41/h1-8,10-15,17-25H,9,16H2. The number of hydrogen-bond donors (Lipinski definition) is 0. The van der Waals surface area contributed by atoms with E-state index in [0.29, 0.717) is 17.6 Å². The van der Waals surface area contributed by atoms with Gasteiger partial charge >= 0.3 is 0 Å². The number of para-hydroxylation sites is 1. The first-order chi connectivity index (χ1) is 25.3. The monoisotopic (exact) mass is 653 g/mol. The van der Waals surface area contributed by atoms with E-state index in [9.17, 15) is 0 Å². The van der Waals surface area contributed by atoms with Gasteiger partial charge in [0, 0.05) is 43.8 Å². The van der Waals surface area contributed by atoms with Crippen molar-refractivity contribution in [3.8, 4) is 39.9 Å². The summed E-state index contributed by atoms with van der Waals surface area (Å²) < 4.78 is 11.4. The lowest BCUT2D eigenvalue weighted by Gasteiger charge is -2.13. The second-order valence-electron chi connectivity index (χ2n) is 13.5. The van der Waals surface area contributed by atoms with Crippen molar-refractivity contribution in [1.29, 1.82) is 0 Å². The Morgan fingerprint density at radius 2 is 1.14 bits per heavy atom. The minimum Gasteiger partial charge on any atom is -0.456 e. The topological polar surface area (TPSA) is 61.2 Å². The van der Waals surface area contributed by atoms with E-state index >= 15 is 0 Å². The van der Waals surface area contributed by atoms with Crippen LogP contribution in [-0.4, -0.2) is 23.9 Å². The Morgan fingerprint density at radius 1 is 0.490 bits per heavy atom. The summed E-state index contributed by atoms with van der Waals surface area (Å²) in [5.41, 5.74) is 10.8. The van der Waals surface area contributed by atoms with Gasteiger partial charge in [-0.15, -0.1) is 0 Å². The molecule has 0 aliphatic heterocycles. The summed E-state index contributed by atoms with van der Waals surface area (Å²) in [4.78, 5) is 15.6. The maximum Gasteiger partial charge on any atom is 0.238 e. The van der Waals surface area contributed by atoms with Gasteiger partial charge in [-0.05, 0) is 54.3 Å². The molecule has 6 aromatic carbocycles. The first kappa shape index (κ1) is 27.1. The Bertz CT molecular complexity index is 3230. The van der Waals surface area contributed by atoms with E-state index in [2.05, 4.69) is 124 Å². The Kier molecular flexibility index (Phi) is 5.25. The van der Waals surface area contributed by atoms with Crippen molar-refractivity contribution in [2.75, 3.05) is 0 Å². The van der Waals surface area contributed by atoms with Crippen LogP contribution in [0, 0.1) is 0 Å². The molecule has 0 atom stereocenters. The van der Waals surface area contributed by atoms with Crippen molar-refractivity contribution in [3.63, 3.8) is 0 Å². The van der Waals surface area contributed by atoms with E-state index < -0.39 is 0 Å². The fourth-order valence-corrected chi connectivity index (χ4v) is 8.63. The molecule has 1 aliphatic carbocycles. The van der Waals surface area contributed by atoms with Crippen LogP contribution in [0.2, 0.25) is 0 Å². The Morgan fingerprint density at radius 3 is 1.94 bits per heavy atom. The van der Waals surface area contributed by atoms with Crippen LogP contribution in [0.1, 0.15) is 12.1 Å². The highest BCUT2D eigenvalue weighted by Gasteiger charge is 2.28. The van der Waals surface area contributed by atoms with Gasteiger partial charge in [0.2, 0.25) is 5.95 Å². The predicted octanol–water partition coefficient (Wildman–Crippen LogP) is 10.2. The summed E-state index contributed by atoms with van der Waals surface area (Å²) in [6.07, 6.45) is 4.20. The average Bonchev–Trinajstić information content (AvgIpc) is 3.83. The molecule has 6 heteroatoms. The molecule has 0 unspecified atom stereocenters. The molecule has 6 nitrogen and oxygen atoms in total. The minimum atomic E-state index is 0.602. The van der Waals surface area contributed by atoms with E-state index in [1.807, 2.05) is 24.3 Å². The molecule has 5 aromatic heterocycles. The number of hydrogen-bond acceptors (Lipinski definition) is 4. The highest BCUT2D eigenvalue weighted by Crippen LogP contribution is 2.46. The second-order valence-corrected chi connectivity index (χ2v) is 13.5. The van der Waals surface area contributed by atoms with Gasteiger partial charge in [-0.25, -0.2) is 4.98 Å². The van der Waals surface area contributed by atoms with Crippen LogP contribution in [0.3, 0.4) is 0 Å². The molecule has 51 heavy (non-hydrogen) atoms. The predicted molar refractivity (Wildman–Crippen MR) is 205 cm³/mol. The van der Waals surface area contributed by atoms with Crippen molar-refractivity contribution >= 4 is 66.1 Å². The lowest BCUT2D eigenvalue weighted by atomic mass is 10.0. The number of aryl methyl sites for hydroxylation is 1. The van der Waals surface area contributed by atoms with Crippen molar-refractivity contribution in [2.45, 2.75) is 12.8 Å². The van der Waals surface area contributed by atoms with Gasteiger partial charge in [-0.3, -0.25) is 4.57 Å². The zero-order valence-electron chi connectivity index (χ0n) is 27.3. The summed E-state index contributed by atoms with van der Waals surface area (Å²) in [5.74, 6) is 1.88. The molecule has 0 spiro atoms. The molecule has 0 saturated heterocycles. The number of nitrogens with zero attached hydrogens (tertiary/aromatic N) is 5. The van der Waals surface area contributed by atoms with Gasteiger partial charge in [0.15, 0.2) is 11.6 Å². The number of fused-ring (bicyclic) bond motifs is 4.